The van der Waals surface area contributed by atoms with Crippen molar-refractivity contribution < 1.29 is 14.3 Å². The van der Waals surface area contributed by atoms with Gasteiger partial charge in [0.25, 0.3) is 6.47 Å². The molecule has 0 atom stereocenters. The average molecular weight is 449 g/mol. The number of piperidine rings is 2. The number of urea groups is 1. The van der Waals surface area contributed by atoms with Crippen LogP contribution in [-0.2, 0) is 4.79 Å². The molecular weight excluding hydrogens is 416 g/mol. The number of carbonyl (C=O) groups is 2. The lowest BCUT2D eigenvalue weighted by Gasteiger charge is -2.41. The molecule has 3 aliphatic heterocycles. The van der Waals surface area contributed by atoms with Crippen LogP contribution in [-0.4, -0.2) is 62.7 Å². The first-order valence-electron chi connectivity index (χ1n) is 12.1. The van der Waals surface area contributed by atoms with Crippen LogP contribution in [0.3, 0.4) is 0 Å². The van der Waals surface area contributed by atoms with Crippen molar-refractivity contribution in [3.8, 4) is 5.75 Å². The number of rotatable bonds is 6. The summed E-state index contributed by atoms with van der Waals surface area (Å²) in [6, 6.07) is 16.1. The standard InChI is InChI=1S/C26H32N4O3/c31-20-33-25-6-4-5-24(19-25)30-18-17-29(26(30)32)23-9-7-21(8-10-23)28-15-11-22(12-16-28)27-13-2-1-3-14-27/h4-10,19-20,22H,1-3,11-18H2. The van der Waals surface area contributed by atoms with Crippen molar-refractivity contribution in [3.05, 3.63) is 48.5 Å². The van der Waals surface area contributed by atoms with E-state index >= 15 is 0 Å². The molecule has 5 rings (SSSR count). The van der Waals surface area contributed by atoms with Gasteiger partial charge < -0.3 is 14.5 Å². The second-order valence-electron chi connectivity index (χ2n) is 9.13. The van der Waals surface area contributed by atoms with Gasteiger partial charge >= 0.3 is 6.03 Å². The Balaban J connectivity index is 1.20. The molecule has 0 N–H and O–H groups in total. The van der Waals surface area contributed by atoms with Gasteiger partial charge in [-0.3, -0.25) is 14.6 Å². The van der Waals surface area contributed by atoms with E-state index in [4.69, 9.17) is 4.74 Å². The normalized spacial score (nSPS) is 20.4. The van der Waals surface area contributed by atoms with E-state index in [-0.39, 0.29) is 6.03 Å². The zero-order valence-corrected chi connectivity index (χ0v) is 19.1. The molecule has 0 aromatic heterocycles. The fourth-order valence-electron chi connectivity index (χ4n) is 5.41. The molecule has 2 aromatic rings. The van der Waals surface area contributed by atoms with Crippen molar-refractivity contribution in [2.45, 2.75) is 38.1 Å². The van der Waals surface area contributed by atoms with Gasteiger partial charge in [-0.25, -0.2) is 4.79 Å². The first-order valence-corrected chi connectivity index (χ1v) is 12.1. The lowest BCUT2D eigenvalue weighted by atomic mass is 9.99. The Hall–Kier alpha value is -3.06. The highest BCUT2D eigenvalue weighted by Crippen LogP contribution is 2.30. The molecular formula is C26H32N4O3. The Kier molecular flexibility index (Phi) is 6.48. The molecule has 3 fully saturated rings. The maximum atomic E-state index is 13.1. The third-order valence-corrected chi connectivity index (χ3v) is 7.22. The van der Waals surface area contributed by atoms with Gasteiger partial charge in [-0.05, 0) is 75.2 Å². The molecule has 3 saturated heterocycles. The summed E-state index contributed by atoms with van der Waals surface area (Å²) < 4.78 is 4.93. The van der Waals surface area contributed by atoms with Gasteiger partial charge in [0.1, 0.15) is 5.75 Å². The van der Waals surface area contributed by atoms with Crippen LogP contribution in [0.2, 0.25) is 0 Å². The summed E-state index contributed by atoms with van der Waals surface area (Å²) >= 11 is 0. The number of anilines is 3. The third-order valence-electron chi connectivity index (χ3n) is 7.22. The van der Waals surface area contributed by atoms with Gasteiger partial charge in [0, 0.05) is 55.3 Å². The predicted molar refractivity (Wildman–Crippen MR) is 130 cm³/mol. The van der Waals surface area contributed by atoms with Gasteiger partial charge in [0.05, 0.1) is 0 Å². The molecule has 3 heterocycles. The number of hydrogen-bond acceptors (Lipinski definition) is 5. The smallest absolute Gasteiger partial charge is 0.329 e. The molecule has 3 aliphatic rings. The Bertz CT molecular complexity index is 966. The van der Waals surface area contributed by atoms with E-state index in [1.807, 2.05) is 6.07 Å². The van der Waals surface area contributed by atoms with Crippen molar-refractivity contribution >= 4 is 29.6 Å². The molecule has 0 aliphatic carbocycles. The number of ether oxygens (including phenoxy) is 1. The van der Waals surface area contributed by atoms with Crippen molar-refractivity contribution in [1.29, 1.82) is 0 Å². The zero-order valence-electron chi connectivity index (χ0n) is 19.1. The molecule has 174 valence electrons. The van der Waals surface area contributed by atoms with E-state index in [1.165, 1.54) is 50.9 Å². The van der Waals surface area contributed by atoms with Crippen LogP contribution in [0.15, 0.2) is 48.5 Å². The maximum Gasteiger partial charge on any atom is 0.329 e. The van der Waals surface area contributed by atoms with Gasteiger partial charge in [-0.15, -0.1) is 0 Å². The zero-order chi connectivity index (χ0) is 22.6. The minimum absolute atomic E-state index is 0.0617. The molecule has 0 unspecified atom stereocenters. The maximum absolute atomic E-state index is 13.1. The molecule has 2 amide bonds. The number of nitrogens with zero attached hydrogens (tertiary/aromatic N) is 4. The van der Waals surface area contributed by atoms with Crippen LogP contribution in [0.4, 0.5) is 21.9 Å². The average Bonchev–Trinajstić information content (AvgIpc) is 3.26. The molecule has 0 saturated carbocycles. The number of likely N-dealkylation sites (tertiary alicyclic amines) is 1. The van der Waals surface area contributed by atoms with Crippen molar-refractivity contribution in [2.75, 3.05) is 54.0 Å². The van der Waals surface area contributed by atoms with Gasteiger partial charge in [0.15, 0.2) is 0 Å². The quantitative estimate of drug-likeness (QED) is 0.622. The van der Waals surface area contributed by atoms with Crippen LogP contribution in [0, 0.1) is 0 Å². The van der Waals surface area contributed by atoms with E-state index in [0.717, 1.165) is 30.5 Å². The van der Waals surface area contributed by atoms with Crippen molar-refractivity contribution in [3.63, 3.8) is 0 Å². The number of hydrogen-bond donors (Lipinski definition) is 0. The van der Waals surface area contributed by atoms with E-state index in [1.54, 1.807) is 28.0 Å². The highest BCUT2D eigenvalue weighted by molar-refractivity contribution is 6.06. The fourth-order valence-corrected chi connectivity index (χ4v) is 5.41. The summed E-state index contributed by atoms with van der Waals surface area (Å²) in [6.07, 6.45) is 6.56. The Morgan fingerprint density at radius 1 is 0.758 bits per heavy atom. The van der Waals surface area contributed by atoms with Crippen LogP contribution < -0.4 is 19.4 Å². The molecule has 7 heteroatoms. The van der Waals surface area contributed by atoms with E-state index in [2.05, 4.69) is 34.1 Å². The van der Waals surface area contributed by atoms with Crippen LogP contribution in [0.25, 0.3) is 0 Å². The van der Waals surface area contributed by atoms with Crippen LogP contribution in [0.1, 0.15) is 32.1 Å². The molecule has 7 nitrogen and oxygen atoms in total. The molecule has 2 aromatic carbocycles. The lowest BCUT2D eigenvalue weighted by Crippen LogP contribution is -2.46. The number of benzene rings is 2. The second-order valence-corrected chi connectivity index (χ2v) is 9.13. The molecule has 0 bridgehead atoms. The summed E-state index contributed by atoms with van der Waals surface area (Å²) in [5.41, 5.74) is 2.88. The van der Waals surface area contributed by atoms with E-state index in [0.29, 0.717) is 25.3 Å². The van der Waals surface area contributed by atoms with Crippen LogP contribution >= 0.6 is 0 Å². The van der Waals surface area contributed by atoms with E-state index < -0.39 is 0 Å². The summed E-state index contributed by atoms with van der Waals surface area (Å²) in [5.74, 6) is 0.433. The van der Waals surface area contributed by atoms with Crippen molar-refractivity contribution in [2.24, 2.45) is 0 Å². The Morgan fingerprint density at radius 2 is 1.42 bits per heavy atom. The topological polar surface area (TPSA) is 56.3 Å². The summed E-state index contributed by atoms with van der Waals surface area (Å²) in [7, 11) is 0. The predicted octanol–water partition coefficient (Wildman–Crippen LogP) is 4.12. The third kappa shape index (κ3) is 4.69. The monoisotopic (exact) mass is 448 g/mol. The Morgan fingerprint density at radius 3 is 2.12 bits per heavy atom. The Labute approximate surface area is 195 Å². The van der Waals surface area contributed by atoms with Crippen molar-refractivity contribution in [1.82, 2.24) is 4.90 Å². The van der Waals surface area contributed by atoms with E-state index in [9.17, 15) is 9.59 Å². The lowest BCUT2D eigenvalue weighted by molar-refractivity contribution is -0.120. The highest BCUT2D eigenvalue weighted by atomic mass is 16.5. The minimum Gasteiger partial charge on any atom is -0.429 e. The molecule has 0 spiro atoms. The van der Waals surface area contributed by atoms with Crippen LogP contribution in [0.5, 0.6) is 5.75 Å². The fraction of sp³-hybridized carbons (Fsp3) is 0.462. The second kappa shape index (κ2) is 9.83. The highest BCUT2D eigenvalue weighted by Gasteiger charge is 2.31. The first-order chi connectivity index (χ1) is 16.2. The number of carbonyl (C=O) groups excluding carboxylic acids is 2. The SMILES string of the molecule is O=COc1cccc(N2CCN(c3ccc(N4CCC(N5CCCCC5)CC4)cc3)C2=O)c1. The van der Waals surface area contributed by atoms with Gasteiger partial charge in [-0.1, -0.05) is 12.5 Å². The van der Waals surface area contributed by atoms with Gasteiger partial charge in [-0.2, -0.15) is 0 Å². The summed E-state index contributed by atoms with van der Waals surface area (Å²) in [5, 5.41) is 0. The summed E-state index contributed by atoms with van der Waals surface area (Å²) in [4.78, 5) is 32.4. The molecule has 0 radical (unpaired) electrons. The minimum atomic E-state index is -0.0617. The number of amides is 2. The van der Waals surface area contributed by atoms with Gasteiger partial charge in [0.2, 0.25) is 0 Å². The first kappa shape index (κ1) is 21.8. The largest absolute Gasteiger partial charge is 0.429 e. The summed E-state index contributed by atoms with van der Waals surface area (Å²) in [6.45, 7) is 6.35. The molecule has 33 heavy (non-hydrogen) atoms.